The topological polar surface area (TPSA) is 94.1 Å². The van der Waals surface area contributed by atoms with Gasteiger partial charge in [0.05, 0.1) is 24.7 Å². The van der Waals surface area contributed by atoms with Crippen LogP contribution in [0.1, 0.15) is 53.5 Å². The number of carboxylic acid groups (broad SMARTS) is 1. The van der Waals surface area contributed by atoms with Gasteiger partial charge in [-0.05, 0) is 63.0 Å². The highest BCUT2D eigenvalue weighted by atomic mass is 28.4. The van der Waals surface area contributed by atoms with Crippen molar-refractivity contribution in [1.82, 2.24) is 5.32 Å². The molecule has 0 saturated carbocycles. The molecule has 0 aliphatic carbocycles. The Kier molecular flexibility index (Phi) is 10.1. The molecular weight excluding hydrogens is 512 g/mol. The summed E-state index contributed by atoms with van der Waals surface area (Å²) in [6.07, 6.45) is -0.230. The summed E-state index contributed by atoms with van der Waals surface area (Å²) in [6, 6.07) is 2.92. The van der Waals surface area contributed by atoms with E-state index >= 15 is 0 Å². The first-order chi connectivity index (χ1) is 17.3. The molecule has 1 aliphatic rings. The zero-order valence-corrected chi connectivity index (χ0v) is 24.8. The van der Waals surface area contributed by atoms with E-state index in [1.807, 2.05) is 33.9 Å². The van der Waals surface area contributed by atoms with Gasteiger partial charge in [-0.1, -0.05) is 26.8 Å². The number of benzene rings is 1. The first kappa shape index (κ1) is 32.1. The molecule has 214 valence electrons. The Bertz CT molecular complexity index is 999. The lowest BCUT2D eigenvalue weighted by Crippen LogP contribution is -2.65. The third-order valence-corrected chi connectivity index (χ3v) is 11.6. The van der Waals surface area contributed by atoms with Crippen molar-refractivity contribution in [3.05, 3.63) is 48.1 Å². The summed E-state index contributed by atoms with van der Waals surface area (Å²) in [7, 11) is -2.70. The number of aliphatic carboxylic acids is 1. The van der Waals surface area contributed by atoms with Crippen LogP contribution in [0.3, 0.4) is 0 Å². The van der Waals surface area contributed by atoms with Crippen molar-refractivity contribution in [2.45, 2.75) is 95.9 Å². The molecule has 0 aromatic heterocycles. The Labute approximate surface area is 226 Å². The van der Waals surface area contributed by atoms with Gasteiger partial charge in [-0.15, -0.1) is 6.58 Å². The molecule has 2 rings (SSSR count). The standard InChI is InChI=1S/C28H43F2NO6Si/c1-10-11-35-21-16-28(31-17-21,25(34)36-26(2,3)4)23(37-38(8,9)27(5,6)7)22(24(32)33)14-18-12-19(29)15-20(30)13-18/h10,12-13,15,21-23,31H,1,11,14,16-17H2,2-9H3,(H,32,33)/t21-,22+,23+,28-/m1/s1. The minimum atomic E-state index is -2.70. The molecule has 1 aromatic carbocycles. The minimum Gasteiger partial charge on any atom is -0.481 e. The maximum absolute atomic E-state index is 14.0. The molecule has 0 radical (unpaired) electrons. The molecule has 4 atom stereocenters. The van der Waals surface area contributed by atoms with Gasteiger partial charge in [0.1, 0.15) is 22.8 Å². The highest BCUT2D eigenvalue weighted by Crippen LogP contribution is 2.43. The SMILES string of the molecule is C=CCO[C@H]1CN[C@@](C(=O)OC(C)(C)C)([C@@H](O[Si](C)(C)C(C)(C)C)[C@H](Cc2cc(F)cc(F)c2)C(=O)O)C1. The average molecular weight is 556 g/mol. The Morgan fingerprint density at radius 2 is 1.76 bits per heavy atom. The van der Waals surface area contributed by atoms with Crippen LogP contribution in [0.4, 0.5) is 8.78 Å². The number of esters is 1. The zero-order chi connectivity index (χ0) is 29.1. The maximum atomic E-state index is 14.0. The molecule has 38 heavy (non-hydrogen) atoms. The predicted molar refractivity (Wildman–Crippen MR) is 144 cm³/mol. The minimum absolute atomic E-state index is 0.0936. The van der Waals surface area contributed by atoms with Gasteiger partial charge in [0.2, 0.25) is 0 Å². The number of hydrogen-bond acceptors (Lipinski definition) is 6. The summed E-state index contributed by atoms with van der Waals surface area (Å²) in [6.45, 7) is 19.3. The van der Waals surface area contributed by atoms with Gasteiger partial charge in [-0.2, -0.15) is 0 Å². The second-order valence-corrected chi connectivity index (χ2v) is 17.3. The molecule has 10 heteroatoms. The van der Waals surface area contributed by atoms with Crippen LogP contribution >= 0.6 is 0 Å². The number of carboxylic acids is 1. The smallest absolute Gasteiger partial charge is 0.329 e. The molecule has 2 N–H and O–H groups in total. The van der Waals surface area contributed by atoms with Crippen molar-refractivity contribution in [2.24, 2.45) is 5.92 Å². The highest BCUT2D eigenvalue weighted by molar-refractivity contribution is 6.74. The van der Waals surface area contributed by atoms with Gasteiger partial charge >= 0.3 is 11.9 Å². The first-order valence-electron chi connectivity index (χ1n) is 12.9. The molecule has 1 aromatic rings. The monoisotopic (exact) mass is 555 g/mol. The fraction of sp³-hybridized carbons (Fsp3) is 0.643. The molecule has 1 fully saturated rings. The van der Waals surface area contributed by atoms with E-state index in [4.69, 9.17) is 13.9 Å². The van der Waals surface area contributed by atoms with Crippen molar-refractivity contribution in [3.63, 3.8) is 0 Å². The number of ether oxygens (including phenoxy) is 2. The van der Waals surface area contributed by atoms with E-state index in [9.17, 15) is 23.5 Å². The third kappa shape index (κ3) is 7.94. The molecule has 0 amide bonds. The summed E-state index contributed by atoms with van der Waals surface area (Å²) in [4.78, 5) is 26.8. The number of rotatable bonds is 11. The van der Waals surface area contributed by atoms with Crippen molar-refractivity contribution in [3.8, 4) is 0 Å². The van der Waals surface area contributed by atoms with Crippen molar-refractivity contribution < 1.29 is 37.4 Å². The number of carbonyl (C=O) groups excluding carboxylic acids is 1. The van der Waals surface area contributed by atoms with Gasteiger partial charge < -0.3 is 19.0 Å². The van der Waals surface area contributed by atoms with Crippen molar-refractivity contribution in [1.29, 1.82) is 0 Å². The molecule has 1 heterocycles. The number of halogens is 2. The second kappa shape index (κ2) is 11.9. The number of nitrogens with one attached hydrogen (secondary N) is 1. The van der Waals surface area contributed by atoms with E-state index in [1.54, 1.807) is 26.8 Å². The van der Waals surface area contributed by atoms with Crippen LogP contribution in [0.2, 0.25) is 18.1 Å². The van der Waals surface area contributed by atoms with E-state index in [1.165, 1.54) is 0 Å². The Hall–Kier alpha value is -2.14. The lowest BCUT2D eigenvalue weighted by molar-refractivity contribution is -0.171. The van der Waals surface area contributed by atoms with Crippen LogP contribution in [-0.2, 0) is 29.9 Å². The molecule has 0 bridgehead atoms. The summed E-state index contributed by atoms with van der Waals surface area (Å²) in [5.74, 6) is -4.87. The first-order valence-corrected chi connectivity index (χ1v) is 15.8. The van der Waals surface area contributed by atoms with E-state index < -0.39 is 61.2 Å². The van der Waals surface area contributed by atoms with Crippen LogP contribution in [-0.4, -0.2) is 61.9 Å². The molecule has 0 unspecified atom stereocenters. The zero-order valence-electron chi connectivity index (χ0n) is 23.8. The van der Waals surface area contributed by atoms with Crippen LogP contribution in [0.5, 0.6) is 0 Å². The quantitative estimate of drug-likeness (QED) is 0.219. The molecular formula is C28H43F2NO6Si. The lowest BCUT2D eigenvalue weighted by Gasteiger charge is -2.46. The van der Waals surface area contributed by atoms with Gasteiger partial charge in [0, 0.05) is 19.0 Å². The summed E-state index contributed by atoms with van der Waals surface area (Å²) < 4.78 is 46.5. The normalized spacial score (nSPS) is 22.1. The van der Waals surface area contributed by atoms with Gasteiger partial charge in [-0.25, -0.2) is 13.6 Å². The van der Waals surface area contributed by atoms with Crippen molar-refractivity contribution >= 4 is 20.3 Å². The maximum Gasteiger partial charge on any atom is 0.329 e. The lowest BCUT2D eigenvalue weighted by atomic mass is 9.79. The summed E-state index contributed by atoms with van der Waals surface area (Å²) in [5.41, 5.74) is -2.29. The van der Waals surface area contributed by atoms with Crippen LogP contribution in [0.25, 0.3) is 0 Å². The van der Waals surface area contributed by atoms with Gasteiger partial charge in [0.15, 0.2) is 8.32 Å². The predicted octanol–water partition coefficient (Wildman–Crippen LogP) is 5.24. The largest absolute Gasteiger partial charge is 0.481 e. The Morgan fingerprint density at radius 1 is 1.18 bits per heavy atom. The molecule has 1 saturated heterocycles. The van der Waals surface area contributed by atoms with Crippen LogP contribution in [0.15, 0.2) is 30.9 Å². The van der Waals surface area contributed by atoms with E-state index in [0.29, 0.717) is 0 Å². The number of hydrogen-bond donors (Lipinski definition) is 2. The van der Waals surface area contributed by atoms with Crippen LogP contribution < -0.4 is 5.32 Å². The summed E-state index contributed by atoms with van der Waals surface area (Å²) >= 11 is 0. The highest BCUT2D eigenvalue weighted by Gasteiger charge is 2.59. The fourth-order valence-electron chi connectivity index (χ4n) is 4.31. The molecule has 0 spiro atoms. The van der Waals surface area contributed by atoms with Gasteiger partial charge in [-0.3, -0.25) is 10.1 Å². The Balaban J connectivity index is 2.71. The molecule has 7 nitrogen and oxygen atoms in total. The third-order valence-electron chi connectivity index (χ3n) is 7.18. The second-order valence-electron chi connectivity index (χ2n) is 12.5. The molecule has 1 aliphatic heterocycles. The van der Waals surface area contributed by atoms with Crippen molar-refractivity contribution in [2.75, 3.05) is 13.2 Å². The average Bonchev–Trinajstić information content (AvgIpc) is 3.17. The summed E-state index contributed by atoms with van der Waals surface area (Å²) in [5, 5.41) is 13.4. The van der Waals surface area contributed by atoms with E-state index in [0.717, 1.165) is 18.2 Å². The fourth-order valence-corrected chi connectivity index (χ4v) is 5.66. The van der Waals surface area contributed by atoms with Crippen LogP contribution in [0, 0.1) is 17.6 Å². The van der Waals surface area contributed by atoms with E-state index in [2.05, 4.69) is 11.9 Å². The van der Waals surface area contributed by atoms with Gasteiger partial charge in [0.25, 0.3) is 0 Å². The number of carbonyl (C=O) groups is 2. The van der Waals surface area contributed by atoms with E-state index in [-0.39, 0.29) is 36.6 Å². The Morgan fingerprint density at radius 3 is 2.24 bits per heavy atom.